The van der Waals surface area contributed by atoms with E-state index in [0.29, 0.717) is 0 Å². The van der Waals surface area contributed by atoms with Crippen LogP contribution < -0.4 is 0 Å². The highest BCUT2D eigenvalue weighted by Gasteiger charge is 2.15. The molecular formula is C16H13N3OS. The van der Waals surface area contributed by atoms with Crippen molar-refractivity contribution in [3.05, 3.63) is 48.4 Å². The molecule has 0 amide bonds. The minimum Gasteiger partial charge on any atom is -0.298 e. The molecule has 104 valence electrons. The van der Waals surface area contributed by atoms with Crippen LogP contribution in [0.15, 0.2) is 42.9 Å². The number of carbonyl (C=O) groups excluding carboxylic acids is 1. The Morgan fingerprint density at radius 3 is 2.86 bits per heavy atom. The van der Waals surface area contributed by atoms with Crippen molar-refractivity contribution < 1.29 is 4.79 Å². The summed E-state index contributed by atoms with van der Waals surface area (Å²) in [5.41, 5.74) is 2.05. The van der Waals surface area contributed by atoms with Gasteiger partial charge in [-0.15, -0.1) is 0 Å². The molecule has 0 aliphatic heterocycles. The summed E-state index contributed by atoms with van der Waals surface area (Å²) in [7, 11) is 0. The Labute approximate surface area is 126 Å². The summed E-state index contributed by atoms with van der Waals surface area (Å²) < 4.78 is 1.99. The Bertz CT molecular complexity index is 795. The van der Waals surface area contributed by atoms with Crippen molar-refractivity contribution in [3.63, 3.8) is 0 Å². The summed E-state index contributed by atoms with van der Waals surface area (Å²) in [5.74, 6) is -0.279. The van der Waals surface area contributed by atoms with Crippen LogP contribution in [-0.4, -0.2) is 15.2 Å². The van der Waals surface area contributed by atoms with Gasteiger partial charge in [0.05, 0.1) is 17.4 Å². The van der Waals surface area contributed by atoms with Crippen LogP contribution in [0.4, 0.5) is 0 Å². The number of Topliss-reactive ketones (excluding diaryl/α,β-unsaturated/α-hetero) is 1. The molecule has 5 heteroatoms. The summed E-state index contributed by atoms with van der Waals surface area (Å²) in [5, 5.41) is 8.60. The van der Waals surface area contributed by atoms with Crippen molar-refractivity contribution in [1.82, 2.24) is 9.38 Å². The van der Waals surface area contributed by atoms with E-state index in [0.717, 1.165) is 21.0 Å². The topological polar surface area (TPSA) is 58.2 Å². The molecule has 0 radical (unpaired) electrons. The van der Waals surface area contributed by atoms with Crippen molar-refractivity contribution >= 4 is 22.1 Å². The van der Waals surface area contributed by atoms with Gasteiger partial charge in [-0.25, -0.2) is 4.98 Å². The molecule has 0 saturated carbocycles. The first-order valence-corrected chi connectivity index (χ1v) is 7.43. The number of thiazole rings is 1. The maximum Gasteiger partial charge on any atom is 0.194 e. The number of rotatable bonds is 4. The number of carbonyl (C=O) groups is 1. The summed E-state index contributed by atoms with van der Waals surface area (Å²) in [6.45, 7) is 1.84. The third kappa shape index (κ3) is 2.58. The number of nitriles is 1. The first-order valence-electron chi connectivity index (χ1n) is 6.61. The minimum atomic E-state index is -0.237. The third-order valence-electron chi connectivity index (χ3n) is 3.52. The number of imidazole rings is 1. The van der Waals surface area contributed by atoms with Gasteiger partial charge in [0.1, 0.15) is 0 Å². The number of benzene rings is 1. The Kier molecular flexibility index (Phi) is 3.55. The molecule has 2 aromatic heterocycles. The summed E-state index contributed by atoms with van der Waals surface area (Å²) in [6, 6.07) is 9.84. The number of nitrogens with zero attached hydrogens (tertiary/aromatic N) is 3. The number of aromatic nitrogens is 2. The molecule has 3 aromatic rings. The lowest BCUT2D eigenvalue weighted by Crippen LogP contribution is -2.07. The Morgan fingerprint density at radius 1 is 1.43 bits per heavy atom. The smallest absolute Gasteiger partial charge is 0.194 e. The van der Waals surface area contributed by atoms with Gasteiger partial charge in [0.25, 0.3) is 0 Å². The lowest BCUT2D eigenvalue weighted by Gasteiger charge is -2.09. The zero-order valence-corrected chi connectivity index (χ0v) is 12.3. The lowest BCUT2D eigenvalue weighted by molar-refractivity contribution is -0.119. The van der Waals surface area contributed by atoms with Gasteiger partial charge < -0.3 is 0 Å². The fourth-order valence-corrected chi connectivity index (χ4v) is 3.16. The van der Waals surface area contributed by atoms with Gasteiger partial charge in [-0.3, -0.25) is 9.20 Å². The van der Waals surface area contributed by atoms with Crippen molar-refractivity contribution in [2.75, 3.05) is 0 Å². The molecule has 1 aromatic carbocycles. The van der Waals surface area contributed by atoms with Crippen molar-refractivity contribution in [3.8, 4) is 16.5 Å². The zero-order chi connectivity index (χ0) is 14.8. The normalized spacial score (nSPS) is 12.2. The fraction of sp³-hybridized carbons (Fsp3) is 0.188. The van der Waals surface area contributed by atoms with E-state index in [9.17, 15) is 4.79 Å². The van der Waals surface area contributed by atoms with Crippen LogP contribution in [-0.2, 0) is 4.79 Å². The highest BCUT2D eigenvalue weighted by molar-refractivity contribution is 7.20. The van der Waals surface area contributed by atoms with E-state index >= 15 is 0 Å². The molecule has 2 heterocycles. The molecule has 0 bridgehead atoms. The van der Waals surface area contributed by atoms with Crippen molar-refractivity contribution in [1.29, 1.82) is 5.26 Å². The largest absolute Gasteiger partial charge is 0.298 e. The van der Waals surface area contributed by atoms with Crippen molar-refractivity contribution in [2.24, 2.45) is 0 Å². The second kappa shape index (κ2) is 5.51. The van der Waals surface area contributed by atoms with Crippen LogP contribution in [0, 0.1) is 11.3 Å². The van der Waals surface area contributed by atoms with Crippen LogP contribution in [0.2, 0.25) is 0 Å². The van der Waals surface area contributed by atoms with Gasteiger partial charge in [-0.2, -0.15) is 5.26 Å². The average Bonchev–Trinajstić information content (AvgIpc) is 3.08. The average molecular weight is 295 g/mol. The fourth-order valence-electron chi connectivity index (χ4n) is 2.21. The highest BCUT2D eigenvalue weighted by atomic mass is 32.1. The van der Waals surface area contributed by atoms with Gasteiger partial charge in [0.2, 0.25) is 0 Å². The molecule has 0 spiro atoms. The van der Waals surface area contributed by atoms with Gasteiger partial charge in [-0.1, -0.05) is 42.5 Å². The lowest BCUT2D eigenvalue weighted by atomic mass is 9.94. The zero-order valence-electron chi connectivity index (χ0n) is 11.5. The molecule has 3 rings (SSSR count). The summed E-state index contributed by atoms with van der Waals surface area (Å²) in [6.07, 6.45) is 5.71. The van der Waals surface area contributed by atoms with E-state index in [1.807, 2.05) is 54.1 Å². The second-order valence-corrected chi connectivity index (χ2v) is 5.87. The molecule has 1 atom stereocenters. The van der Waals surface area contributed by atoms with Gasteiger partial charge in [-0.05, 0) is 11.1 Å². The third-order valence-corrected chi connectivity index (χ3v) is 4.58. The van der Waals surface area contributed by atoms with E-state index < -0.39 is 0 Å². The molecule has 0 fully saturated rings. The van der Waals surface area contributed by atoms with Gasteiger partial charge in [0, 0.05) is 24.5 Å². The maximum absolute atomic E-state index is 11.7. The standard InChI is InChI=1S/C16H13N3OS/c1-11(14(20)6-7-17)12-2-4-13(5-3-12)15-10-19-9-8-18-16(19)21-15/h2-5,8-11H,6H2,1H3. The number of ketones is 1. The Morgan fingerprint density at radius 2 is 2.19 bits per heavy atom. The number of fused-ring (bicyclic) bond motifs is 1. The molecule has 0 aliphatic carbocycles. The highest BCUT2D eigenvalue weighted by Crippen LogP contribution is 2.29. The van der Waals surface area contributed by atoms with E-state index in [2.05, 4.69) is 4.98 Å². The predicted octanol–water partition coefficient (Wildman–Crippen LogP) is 3.65. The summed E-state index contributed by atoms with van der Waals surface area (Å²) >= 11 is 1.63. The quantitative estimate of drug-likeness (QED) is 0.738. The predicted molar refractivity (Wildman–Crippen MR) is 82.2 cm³/mol. The molecule has 0 saturated heterocycles. The van der Waals surface area contributed by atoms with Gasteiger partial charge >= 0.3 is 0 Å². The van der Waals surface area contributed by atoms with Crippen LogP contribution >= 0.6 is 11.3 Å². The minimum absolute atomic E-state index is 0.0367. The monoisotopic (exact) mass is 295 g/mol. The van der Waals surface area contributed by atoms with Crippen LogP contribution in [0.1, 0.15) is 24.8 Å². The Hall–Kier alpha value is -2.45. The molecular weight excluding hydrogens is 282 g/mol. The number of hydrogen-bond acceptors (Lipinski definition) is 4. The SMILES string of the molecule is CC(C(=O)CC#N)c1ccc(-c2cn3ccnc3s2)cc1. The first kappa shape index (κ1) is 13.5. The van der Waals surface area contributed by atoms with E-state index in [-0.39, 0.29) is 18.1 Å². The Balaban J connectivity index is 1.85. The first-order chi connectivity index (χ1) is 10.2. The van der Waals surface area contributed by atoms with E-state index in [1.54, 1.807) is 17.5 Å². The number of hydrogen-bond donors (Lipinski definition) is 0. The van der Waals surface area contributed by atoms with Crippen LogP contribution in [0.5, 0.6) is 0 Å². The van der Waals surface area contributed by atoms with Gasteiger partial charge in [0.15, 0.2) is 10.7 Å². The molecule has 1 unspecified atom stereocenters. The van der Waals surface area contributed by atoms with Crippen LogP contribution in [0.3, 0.4) is 0 Å². The molecule has 0 aliphatic rings. The van der Waals surface area contributed by atoms with E-state index in [4.69, 9.17) is 5.26 Å². The maximum atomic E-state index is 11.7. The molecule has 21 heavy (non-hydrogen) atoms. The van der Waals surface area contributed by atoms with E-state index in [1.165, 1.54) is 0 Å². The molecule has 4 nitrogen and oxygen atoms in total. The summed E-state index contributed by atoms with van der Waals surface area (Å²) in [4.78, 5) is 18.1. The molecule has 0 N–H and O–H groups in total. The van der Waals surface area contributed by atoms with Crippen molar-refractivity contribution in [2.45, 2.75) is 19.3 Å². The van der Waals surface area contributed by atoms with Crippen LogP contribution in [0.25, 0.3) is 15.4 Å². The second-order valence-electron chi connectivity index (χ2n) is 4.86.